The lowest BCUT2D eigenvalue weighted by atomic mass is 9.93. The fourth-order valence-corrected chi connectivity index (χ4v) is 1.98. The second-order valence-electron chi connectivity index (χ2n) is 4.52. The maximum Gasteiger partial charge on any atom is 0.249 e. The van der Waals surface area contributed by atoms with Crippen molar-refractivity contribution in [1.29, 1.82) is 0 Å². The Kier molecular flexibility index (Phi) is 5.31. The van der Waals surface area contributed by atoms with E-state index in [1.807, 2.05) is 26.0 Å². The molecule has 1 rings (SSSR count). The van der Waals surface area contributed by atoms with E-state index in [0.29, 0.717) is 12.1 Å². The highest BCUT2D eigenvalue weighted by Gasteiger charge is 2.24. The minimum atomic E-state index is -0.421. The summed E-state index contributed by atoms with van der Waals surface area (Å²) >= 11 is 0. The van der Waals surface area contributed by atoms with E-state index < -0.39 is 5.91 Å². The zero-order chi connectivity index (χ0) is 13.6. The molecule has 0 spiro atoms. The van der Waals surface area contributed by atoms with Gasteiger partial charge in [-0.3, -0.25) is 4.79 Å². The number of aliphatic hydroxyl groups is 1. The highest BCUT2D eigenvalue weighted by molar-refractivity contribution is 5.94. The molecule has 0 atom stereocenters. The van der Waals surface area contributed by atoms with Gasteiger partial charge in [0.2, 0.25) is 5.91 Å². The maximum absolute atomic E-state index is 11.3. The lowest BCUT2D eigenvalue weighted by molar-refractivity contribution is 0.0998. The van der Waals surface area contributed by atoms with Crippen LogP contribution in [0.2, 0.25) is 0 Å². The Labute approximate surface area is 108 Å². The molecule has 0 aliphatic heterocycles. The van der Waals surface area contributed by atoms with Crippen molar-refractivity contribution in [2.45, 2.75) is 38.8 Å². The predicted molar refractivity (Wildman–Crippen MR) is 72.2 cm³/mol. The minimum absolute atomic E-state index is 0.0821. The molecular formula is C14H22N2O2. The maximum atomic E-state index is 11.3. The van der Waals surface area contributed by atoms with Gasteiger partial charge in [-0.05, 0) is 24.5 Å². The largest absolute Gasteiger partial charge is 0.394 e. The number of rotatable bonds is 7. The van der Waals surface area contributed by atoms with Crippen LogP contribution in [-0.4, -0.2) is 23.2 Å². The lowest BCUT2D eigenvalue weighted by Crippen LogP contribution is -2.47. The Morgan fingerprint density at radius 3 is 2.44 bits per heavy atom. The van der Waals surface area contributed by atoms with Crippen LogP contribution in [0.3, 0.4) is 0 Å². The van der Waals surface area contributed by atoms with E-state index in [2.05, 4.69) is 5.32 Å². The number of primary amides is 1. The van der Waals surface area contributed by atoms with Gasteiger partial charge in [-0.25, -0.2) is 0 Å². The summed E-state index contributed by atoms with van der Waals surface area (Å²) in [6.45, 7) is 4.68. The van der Waals surface area contributed by atoms with Gasteiger partial charge in [-0.2, -0.15) is 0 Å². The molecule has 1 aromatic carbocycles. The molecule has 100 valence electrons. The summed E-state index contributed by atoms with van der Waals surface area (Å²) in [5.74, 6) is -0.421. The summed E-state index contributed by atoms with van der Waals surface area (Å²) in [6.07, 6.45) is 1.66. The average Bonchev–Trinajstić information content (AvgIpc) is 2.41. The van der Waals surface area contributed by atoms with Crippen molar-refractivity contribution in [3.05, 3.63) is 35.4 Å². The summed E-state index contributed by atoms with van der Waals surface area (Å²) in [4.78, 5) is 11.3. The van der Waals surface area contributed by atoms with E-state index in [9.17, 15) is 9.90 Å². The van der Waals surface area contributed by atoms with Crippen molar-refractivity contribution >= 4 is 5.91 Å². The number of amides is 1. The number of nitrogens with one attached hydrogen (secondary N) is 1. The Morgan fingerprint density at radius 1 is 1.33 bits per heavy atom. The van der Waals surface area contributed by atoms with Crippen LogP contribution in [0.1, 0.15) is 42.6 Å². The van der Waals surface area contributed by atoms with Crippen LogP contribution in [0, 0.1) is 0 Å². The van der Waals surface area contributed by atoms with Crippen LogP contribution in [-0.2, 0) is 6.54 Å². The molecule has 0 bridgehead atoms. The first kappa shape index (κ1) is 14.7. The Bertz CT molecular complexity index is 392. The first-order valence-corrected chi connectivity index (χ1v) is 6.32. The highest BCUT2D eigenvalue weighted by atomic mass is 16.3. The third-order valence-corrected chi connectivity index (χ3v) is 3.59. The molecule has 0 aliphatic carbocycles. The van der Waals surface area contributed by atoms with E-state index in [1.165, 1.54) is 0 Å². The molecule has 4 heteroatoms. The number of carbonyl (C=O) groups excluding carboxylic acids is 1. The van der Waals surface area contributed by atoms with Crippen LogP contribution in [0.25, 0.3) is 0 Å². The summed E-state index contributed by atoms with van der Waals surface area (Å²) in [5.41, 5.74) is 6.45. The molecule has 0 saturated carbocycles. The summed E-state index contributed by atoms with van der Waals surface area (Å²) < 4.78 is 0. The van der Waals surface area contributed by atoms with Crippen LogP contribution in [0.5, 0.6) is 0 Å². The molecule has 0 saturated heterocycles. The molecule has 1 amide bonds. The van der Waals surface area contributed by atoms with Crippen LogP contribution >= 0.6 is 0 Å². The fourth-order valence-electron chi connectivity index (χ4n) is 1.98. The number of hydrogen-bond donors (Lipinski definition) is 3. The minimum Gasteiger partial charge on any atom is -0.394 e. The summed E-state index contributed by atoms with van der Waals surface area (Å²) in [7, 11) is 0. The molecule has 0 aromatic heterocycles. The zero-order valence-corrected chi connectivity index (χ0v) is 11.1. The standard InChI is InChI=1S/C14H22N2O2/c1-3-14(4-2,10-17)16-9-11-7-5-6-8-12(11)13(15)18/h5-8,16-17H,3-4,9-10H2,1-2H3,(H2,15,18). The molecule has 0 heterocycles. The van der Waals surface area contributed by atoms with Crippen molar-refractivity contribution in [3.8, 4) is 0 Å². The van der Waals surface area contributed by atoms with Gasteiger partial charge < -0.3 is 16.2 Å². The molecule has 1 aromatic rings. The first-order valence-electron chi connectivity index (χ1n) is 6.32. The molecule has 0 radical (unpaired) electrons. The van der Waals surface area contributed by atoms with Crippen LogP contribution < -0.4 is 11.1 Å². The van der Waals surface area contributed by atoms with Gasteiger partial charge in [-0.1, -0.05) is 32.0 Å². The van der Waals surface area contributed by atoms with Gasteiger partial charge in [0.05, 0.1) is 6.61 Å². The molecule has 0 aliphatic rings. The van der Waals surface area contributed by atoms with E-state index in [4.69, 9.17) is 5.73 Å². The van der Waals surface area contributed by atoms with Crippen LogP contribution in [0.15, 0.2) is 24.3 Å². The van der Waals surface area contributed by atoms with Crippen molar-refractivity contribution in [3.63, 3.8) is 0 Å². The van der Waals surface area contributed by atoms with Gasteiger partial charge in [0.15, 0.2) is 0 Å². The molecule has 4 nitrogen and oxygen atoms in total. The van der Waals surface area contributed by atoms with Gasteiger partial charge >= 0.3 is 0 Å². The van der Waals surface area contributed by atoms with Crippen molar-refractivity contribution in [2.75, 3.05) is 6.61 Å². The normalized spacial score (nSPS) is 11.5. The number of aliphatic hydroxyl groups excluding tert-OH is 1. The first-order chi connectivity index (χ1) is 8.58. The number of carbonyl (C=O) groups is 1. The summed E-state index contributed by atoms with van der Waals surface area (Å²) in [6, 6.07) is 7.27. The third-order valence-electron chi connectivity index (χ3n) is 3.59. The van der Waals surface area contributed by atoms with Crippen molar-refractivity contribution in [1.82, 2.24) is 5.32 Å². The fraction of sp³-hybridized carbons (Fsp3) is 0.500. The topological polar surface area (TPSA) is 75.3 Å². The second kappa shape index (κ2) is 6.52. The molecular weight excluding hydrogens is 228 g/mol. The highest BCUT2D eigenvalue weighted by Crippen LogP contribution is 2.16. The monoisotopic (exact) mass is 250 g/mol. The van der Waals surface area contributed by atoms with Crippen molar-refractivity contribution < 1.29 is 9.90 Å². The Balaban J connectivity index is 2.83. The quantitative estimate of drug-likeness (QED) is 0.685. The van der Waals surface area contributed by atoms with Crippen LogP contribution in [0.4, 0.5) is 0 Å². The second-order valence-corrected chi connectivity index (χ2v) is 4.52. The SMILES string of the molecule is CCC(CC)(CO)NCc1ccccc1C(N)=O. The molecule has 0 unspecified atom stereocenters. The Morgan fingerprint density at radius 2 is 1.94 bits per heavy atom. The van der Waals surface area contributed by atoms with E-state index in [1.54, 1.807) is 12.1 Å². The van der Waals surface area contributed by atoms with E-state index in [-0.39, 0.29) is 12.1 Å². The van der Waals surface area contributed by atoms with Gasteiger partial charge in [-0.15, -0.1) is 0 Å². The summed E-state index contributed by atoms with van der Waals surface area (Å²) in [5, 5.41) is 12.8. The van der Waals surface area contributed by atoms with Crippen molar-refractivity contribution in [2.24, 2.45) is 5.73 Å². The van der Waals surface area contributed by atoms with E-state index >= 15 is 0 Å². The molecule has 18 heavy (non-hydrogen) atoms. The average molecular weight is 250 g/mol. The number of nitrogens with two attached hydrogens (primary N) is 1. The molecule has 0 fully saturated rings. The third kappa shape index (κ3) is 3.31. The smallest absolute Gasteiger partial charge is 0.249 e. The van der Waals surface area contributed by atoms with E-state index in [0.717, 1.165) is 18.4 Å². The number of benzene rings is 1. The predicted octanol–water partition coefficient (Wildman–Crippen LogP) is 1.43. The van der Waals surface area contributed by atoms with Gasteiger partial charge in [0.25, 0.3) is 0 Å². The lowest BCUT2D eigenvalue weighted by Gasteiger charge is -2.31. The zero-order valence-electron chi connectivity index (χ0n) is 11.1. The number of hydrogen-bond acceptors (Lipinski definition) is 3. The Hall–Kier alpha value is -1.39. The van der Waals surface area contributed by atoms with Gasteiger partial charge in [0, 0.05) is 17.6 Å². The molecule has 4 N–H and O–H groups in total. The van der Waals surface area contributed by atoms with Gasteiger partial charge in [0.1, 0.15) is 0 Å².